The number of hydrogen-bond acceptors (Lipinski definition) is 3. The van der Waals surface area contributed by atoms with Gasteiger partial charge in [0.15, 0.2) is 6.61 Å². The molecule has 2 rings (SSSR count). The molecule has 10 heteroatoms. The van der Waals surface area contributed by atoms with E-state index in [4.69, 9.17) is 0 Å². The van der Waals surface area contributed by atoms with Crippen LogP contribution in [0.25, 0.3) is 0 Å². The van der Waals surface area contributed by atoms with Crippen LogP contribution in [0.5, 0.6) is 5.75 Å². The third-order valence-corrected chi connectivity index (χ3v) is 3.27. The van der Waals surface area contributed by atoms with Crippen molar-refractivity contribution in [1.29, 1.82) is 0 Å². The number of ether oxygens (including phenoxy) is 1. The molecule has 1 unspecified atom stereocenters. The molecule has 138 valence electrons. The minimum atomic E-state index is -4.47. The third-order valence-electron chi connectivity index (χ3n) is 3.27. The largest absolute Gasteiger partial charge is 0.484 e. The van der Waals surface area contributed by atoms with E-state index >= 15 is 0 Å². The molecular formula is C15H14F6N2O2. The molecule has 0 bridgehead atoms. The fourth-order valence-electron chi connectivity index (χ4n) is 2.19. The average molecular weight is 368 g/mol. The number of benzene rings is 1. The predicted molar refractivity (Wildman–Crippen MR) is 76.8 cm³/mol. The van der Waals surface area contributed by atoms with E-state index in [0.717, 1.165) is 6.08 Å². The molecule has 1 aliphatic rings. The first-order valence-corrected chi connectivity index (χ1v) is 7.17. The molecule has 1 aromatic rings. The Morgan fingerprint density at radius 2 is 1.68 bits per heavy atom. The van der Waals surface area contributed by atoms with E-state index in [-0.39, 0.29) is 12.2 Å². The summed E-state index contributed by atoms with van der Waals surface area (Å²) in [6.45, 7) is -1.44. The monoisotopic (exact) mass is 368 g/mol. The minimum absolute atomic E-state index is 0.0297. The summed E-state index contributed by atoms with van der Waals surface area (Å²) in [7, 11) is 0. The van der Waals surface area contributed by atoms with E-state index in [9.17, 15) is 31.1 Å². The lowest BCUT2D eigenvalue weighted by Crippen LogP contribution is -2.49. The number of anilines is 1. The number of amides is 1. The van der Waals surface area contributed by atoms with Crippen molar-refractivity contribution in [3.63, 3.8) is 0 Å². The summed E-state index contributed by atoms with van der Waals surface area (Å²) in [6, 6.07) is 5.33. The zero-order valence-corrected chi connectivity index (χ0v) is 12.7. The van der Waals surface area contributed by atoms with Crippen LogP contribution in [-0.4, -0.2) is 31.0 Å². The Morgan fingerprint density at radius 1 is 1.04 bits per heavy atom. The van der Waals surface area contributed by atoms with Gasteiger partial charge in [0, 0.05) is 24.4 Å². The third kappa shape index (κ3) is 6.20. The van der Waals surface area contributed by atoms with E-state index in [2.05, 4.69) is 10.1 Å². The first-order chi connectivity index (χ1) is 11.5. The summed E-state index contributed by atoms with van der Waals surface area (Å²) in [5.74, 6) is -0.550. The quantitative estimate of drug-likeness (QED) is 0.805. The minimum Gasteiger partial charge on any atom is -0.484 e. The lowest BCUT2D eigenvalue weighted by molar-refractivity contribution is -0.153. The molecule has 4 nitrogen and oxygen atoms in total. The number of halogens is 6. The number of carbonyl (C=O) groups is 1. The number of nitrogens with one attached hydrogen (secondary N) is 1. The summed E-state index contributed by atoms with van der Waals surface area (Å²) < 4.78 is 78.1. The molecule has 1 heterocycles. The van der Waals surface area contributed by atoms with Crippen LogP contribution in [0.3, 0.4) is 0 Å². The fraction of sp³-hybridized carbons (Fsp3) is 0.400. The Morgan fingerprint density at radius 3 is 2.24 bits per heavy atom. The Balaban J connectivity index is 2.08. The highest BCUT2D eigenvalue weighted by Gasteiger charge is 2.32. The van der Waals surface area contributed by atoms with Gasteiger partial charge in [0.2, 0.25) is 5.91 Å². The molecule has 25 heavy (non-hydrogen) atoms. The summed E-state index contributed by atoms with van der Waals surface area (Å²) >= 11 is 0. The first kappa shape index (κ1) is 18.9. The molecule has 1 aliphatic heterocycles. The van der Waals surface area contributed by atoms with Gasteiger partial charge in [-0.25, -0.2) is 0 Å². The van der Waals surface area contributed by atoms with Gasteiger partial charge in [0.1, 0.15) is 11.9 Å². The summed E-state index contributed by atoms with van der Waals surface area (Å²) in [4.78, 5) is 12.8. The van der Waals surface area contributed by atoms with Gasteiger partial charge < -0.3 is 15.0 Å². The zero-order chi connectivity index (χ0) is 18.7. The Bertz CT molecular complexity index is 624. The van der Waals surface area contributed by atoms with Gasteiger partial charge in [0.05, 0.1) is 0 Å². The van der Waals surface area contributed by atoms with Crippen molar-refractivity contribution >= 4 is 11.6 Å². The van der Waals surface area contributed by atoms with Crippen molar-refractivity contribution in [2.24, 2.45) is 0 Å². The van der Waals surface area contributed by atoms with Gasteiger partial charge in [-0.3, -0.25) is 4.79 Å². The van der Waals surface area contributed by atoms with Crippen molar-refractivity contribution in [1.82, 2.24) is 5.32 Å². The molecule has 0 radical (unpaired) electrons. The van der Waals surface area contributed by atoms with Gasteiger partial charge in [-0.1, -0.05) is 0 Å². The maximum absolute atomic E-state index is 12.4. The van der Waals surface area contributed by atoms with E-state index in [1.165, 1.54) is 35.4 Å². The van der Waals surface area contributed by atoms with E-state index < -0.39 is 37.5 Å². The van der Waals surface area contributed by atoms with Gasteiger partial charge in [0.25, 0.3) is 0 Å². The topological polar surface area (TPSA) is 41.6 Å². The fourth-order valence-corrected chi connectivity index (χ4v) is 2.19. The second-order valence-electron chi connectivity index (χ2n) is 5.30. The highest BCUT2D eigenvalue weighted by molar-refractivity contribution is 5.90. The summed E-state index contributed by atoms with van der Waals surface area (Å²) in [5.41, 5.74) is 0.405. The zero-order valence-electron chi connectivity index (χ0n) is 12.7. The van der Waals surface area contributed by atoms with Gasteiger partial charge in [-0.05, 0) is 30.7 Å². The van der Waals surface area contributed by atoms with Gasteiger partial charge >= 0.3 is 12.4 Å². The SMILES string of the molecule is O=C1C=CN(c2ccc(OCC(F)(F)F)cc2)C(CCC(F)(F)F)N1. The van der Waals surface area contributed by atoms with Crippen LogP contribution in [0.4, 0.5) is 32.0 Å². The van der Waals surface area contributed by atoms with Crippen molar-refractivity contribution in [3.05, 3.63) is 36.5 Å². The van der Waals surface area contributed by atoms with Crippen molar-refractivity contribution in [2.75, 3.05) is 11.5 Å². The predicted octanol–water partition coefficient (Wildman–Crippen LogP) is 3.75. The Kier molecular flexibility index (Phi) is 5.48. The van der Waals surface area contributed by atoms with Crippen LogP contribution in [0, 0.1) is 0 Å². The Labute approximate surface area is 139 Å². The molecule has 0 aromatic heterocycles. The summed E-state index contributed by atoms with van der Waals surface area (Å²) in [6.07, 6.45) is -8.74. The van der Waals surface area contributed by atoms with Crippen LogP contribution >= 0.6 is 0 Å². The highest BCUT2D eigenvalue weighted by atomic mass is 19.4. The maximum Gasteiger partial charge on any atom is 0.422 e. The normalized spacial score (nSPS) is 18.2. The van der Waals surface area contributed by atoms with Crippen LogP contribution in [-0.2, 0) is 4.79 Å². The van der Waals surface area contributed by atoms with Crippen molar-refractivity contribution in [2.45, 2.75) is 31.4 Å². The molecule has 0 aliphatic carbocycles. The molecule has 1 amide bonds. The maximum atomic E-state index is 12.4. The smallest absolute Gasteiger partial charge is 0.422 e. The van der Waals surface area contributed by atoms with Crippen molar-refractivity contribution in [3.8, 4) is 5.75 Å². The van der Waals surface area contributed by atoms with Gasteiger partial charge in [-0.15, -0.1) is 0 Å². The summed E-state index contributed by atoms with van der Waals surface area (Å²) in [5, 5.41) is 2.42. The lowest BCUT2D eigenvalue weighted by Gasteiger charge is -2.34. The lowest BCUT2D eigenvalue weighted by atomic mass is 10.1. The molecule has 0 saturated carbocycles. The molecule has 1 aromatic carbocycles. The second kappa shape index (κ2) is 7.24. The van der Waals surface area contributed by atoms with E-state index in [0.29, 0.717) is 5.69 Å². The van der Waals surface area contributed by atoms with Crippen LogP contribution in [0.15, 0.2) is 36.5 Å². The first-order valence-electron chi connectivity index (χ1n) is 7.17. The number of carbonyl (C=O) groups excluding carboxylic acids is 1. The number of nitrogens with zero attached hydrogens (tertiary/aromatic N) is 1. The van der Waals surface area contributed by atoms with Gasteiger partial charge in [-0.2, -0.15) is 26.3 Å². The molecular weight excluding hydrogens is 354 g/mol. The molecule has 0 saturated heterocycles. The molecule has 0 fully saturated rings. The van der Waals surface area contributed by atoms with Crippen LogP contribution < -0.4 is 15.0 Å². The van der Waals surface area contributed by atoms with E-state index in [1.807, 2.05) is 0 Å². The Hall–Kier alpha value is -2.39. The van der Waals surface area contributed by atoms with Crippen LogP contribution in [0.1, 0.15) is 12.8 Å². The van der Waals surface area contributed by atoms with Crippen molar-refractivity contribution < 1.29 is 35.9 Å². The molecule has 0 spiro atoms. The second-order valence-corrected chi connectivity index (χ2v) is 5.30. The van der Waals surface area contributed by atoms with E-state index in [1.54, 1.807) is 0 Å². The highest BCUT2D eigenvalue weighted by Crippen LogP contribution is 2.28. The number of hydrogen-bond donors (Lipinski definition) is 1. The van der Waals surface area contributed by atoms with Crippen LogP contribution in [0.2, 0.25) is 0 Å². The molecule has 1 atom stereocenters. The number of alkyl halides is 6. The standard InChI is InChI=1S/C15H14F6N2O2/c16-14(17,18)7-5-12-22-13(24)6-8-23(12)10-1-3-11(4-2-10)25-9-15(19,20)21/h1-4,6,8,12H,5,7,9H2,(H,22,24). The number of rotatable bonds is 5. The molecule has 1 N–H and O–H groups in total. The average Bonchev–Trinajstić information content (AvgIpc) is 2.50.